The van der Waals surface area contributed by atoms with E-state index in [0.717, 1.165) is 0 Å². The van der Waals surface area contributed by atoms with Gasteiger partial charge in [-0.15, -0.1) is 0 Å². The number of nitrogens with zero attached hydrogens (tertiary/aromatic N) is 1. The molecule has 0 heterocycles. The van der Waals surface area contributed by atoms with E-state index in [0.29, 0.717) is 0 Å². The molecule has 12 heavy (non-hydrogen) atoms. The zero-order chi connectivity index (χ0) is 7.12. The van der Waals surface area contributed by atoms with Crippen LogP contribution in [0.5, 0.6) is 0 Å². The zero-order valence-corrected chi connectivity index (χ0v) is 38.5. The second kappa shape index (κ2) is 12.3. The maximum absolute atomic E-state index is 9.65. The monoisotopic (exact) mass is 928 g/mol. The van der Waals surface area contributed by atoms with E-state index in [2.05, 4.69) is 3.88 Å². The number of hydrogen-bond donors (Lipinski definition) is 0. The summed E-state index contributed by atoms with van der Waals surface area (Å²) in [5.74, 6) is 0. The van der Waals surface area contributed by atoms with Crippen molar-refractivity contribution in [2.45, 2.75) is 0 Å². The van der Waals surface area contributed by atoms with Crippen LogP contribution < -0.4 is 276 Å². The van der Waals surface area contributed by atoms with Crippen LogP contribution in [0.25, 0.3) is 0 Å². The topological polar surface area (TPSA) is 29.4 Å². The minimum absolute atomic E-state index is 0. The number of nitroso groups, excluding NO2 is 1. The maximum atomic E-state index is 9.65. The normalized spacial score (nSPS) is 14.1. The molecule has 0 N–H and O–H groups in total. The van der Waals surface area contributed by atoms with Gasteiger partial charge in [-0.1, -0.05) is 0 Å². The Morgan fingerprint density at radius 3 is 0.833 bits per heavy atom. The van der Waals surface area contributed by atoms with E-state index in [1.54, 1.807) is 0 Å². The smallest absolute Gasteiger partial charge is 1.00 e. The van der Waals surface area contributed by atoms with Crippen molar-refractivity contribution in [3.05, 3.63) is 4.91 Å². The molecule has 0 spiro atoms. The fraction of sp³-hybridized carbons (Fsp3) is 0. The van der Waals surface area contributed by atoms with E-state index >= 15 is 0 Å². The van der Waals surface area contributed by atoms with Crippen LogP contribution in [0.3, 0.4) is 0 Å². The van der Waals surface area contributed by atoms with Crippen molar-refractivity contribution in [3.63, 3.8) is 0 Å². The molecular formula is Cl5Cs4NOOs. The van der Waals surface area contributed by atoms with Gasteiger partial charge in [-0.3, -0.25) is 0 Å². The minimum atomic E-state index is -5.84. The van der Waals surface area contributed by atoms with Crippen LogP contribution >= 0.6 is 48.2 Å². The van der Waals surface area contributed by atoms with Crippen molar-refractivity contribution < 1.29 is 283 Å². The first-order chi connectivity index (χ1) is 3.04. The molecule has 0 saturated heterocycles. The second-order valence-corrected chi connectivity index (χ2v) is 45.1. The van der Waals surface area contributed by atoms with Gasteiger partial charge in [0.1, 0.15) is 0 Å². The van der Waals surface area contributed by atoms with E-state index in [-0.39, 0.29) is 276 Å². The number of hydrogen-bond acceptors (Lipinski definition) is 2. The van der Waals surface area contributed by atoms with Crippen molar-refractivity contribution in [1.82, 2.24) is 0 Å². The van der Waals surface area contributed by atoms with Crippen LogP contribution in [-0.2, 0) is 7.88 Å². The van der Waals surface area contributed by atoms with Gasteiger partial charge in [-0.25, -0.2) is 0 Å². The molecule has 0 atom stereocenters. The Labute approximate surface area is 326 Å². The van der Waals surface area contributed by atoms with E-state index in [1.165, 1.54) is 0 Å². The summed E-state index contributed by atoms with van der Waals surface area (Å²) in [7, 11) is 19.2. The van der Waals surface area contributed by atoms with Crippen LogP contribution in [0.1, 0.15) is 0 Å². The molecule has 12 heteroatoms. The molecule has 58 valence electrons. The van der Waals surface area contributed by atoms with Gasteiger partial charge in [-0.2, -0.15) is 0 Å². The second-order valence-electron chi connectivity index (χ2n) is 0.868. The van der Waals surface area contributed by atoms with Gasteiger partial charge in [0.15, 0.2) is 0 Å². The van der Waals surface area contributed by atoms with Crippen molar-refractivity contribution in [3.8, 4) is 0 Å². The van der Waals surface area contributed by atoms with Crippen molar-refractivity contribution in [2.75, 3.05) is 0 Å². The van der Waals surface area contributed by atoms with E-state index < -0.39 is 7.88 Å². The van der Waals surface area contributed by atoms with Crippen LogP contribution in [0.15, 0.2) is 3.88 Å². The summed E-state index contributed by atoms with van der Waals surface area (Å²) in [6.45, 7) is 0. The molecule has 0 aliphatic heterocycles. The summed E-state index contributed by atoms with van der Waals surface area (Å²) in [6, 6.07) is 0. The van der Waals surface area contributed by atoms with Gasteiger partial charge in [-0.05, 0) is 0 Å². The predicted molar refractivity (Wildman–Crippen MR) is 35.1 cm³/mol. The summed E-state index contributed by atoms with van der Waals surface area (Å²) in [4.78, 5) is 9.65. The molecule has 0 aliphatic carbocycles. The first-order valence-corrected chi connectivity index (χ1v) is 17.9. The molecule has 0 fully saturated rings. The van der Waals surface area contributed by atoms with Gasteiger partial charge in [0, 0.05) is 0 Å². The first-order valence-electron chi connectivity index (χ1n) is 1.01. The van der Waals surface area contributed by atoms with Gasteiger partial charge < -0.3 is 0 Å². The Hall–Kier alpha value is 9.89. The molecule has 0 aromatic rings. The fourth-order valence-corrected chi connectivity index (χ4v) is 0. The number of halogens is 5. The van der Waals surface area contributed by atoms with Crippen LogP contribution in [0.2, 0.25) is 0 Å². The summed E-state index contributed by atoms with van der Waals surface area (Å²) in [5.41, 5.74) is 0. The molecule has 0 aromatic heterocycles. The molecule has 0 aliphatic rings. The first kappa shape index (κ1) is 33.5. The molecule has 0 aromatic carbocycles. The van der Waals surface area contributed by atoms with Crippen LogP contribution in [0.4, 0.5) is 0 Å². The quantitative estimate of drug-likeness (QED) is 0.241. The Morgan fingerprint density at radius 1 is 0.750 bits per heavy atom. The average molecular weight is 929 g/mol. The maximum Gasteiger partial charge on any atom is 1.00 e. The molecule has 0 radical (unpaired) electrons. The fourth-order valence-electron chi connectivity index (χ4n) is 0. The summed E-state index contributed by atoms with van der Waals surface area (Å²) < 4.78 is 2.05. The molecule has 0 amide bonds. The molecular weight excluding hydrogens is 929 g/mol. The van der Waals surface area contributed by atoms with E-state index in [4.69, 9.17) is 48.2 Å². The molecule has 0 unspecified atom stereocenters. The van der Waals surface area contributed by atoms with Crippen LogP contribution in [-0.4, -0.2) is 0 Å². The van der Waals surface area contributed by atoms with Crippen LogP contribution in [0, 0.1) is 4.91 Å². The molecule has 2 nitrogen and oxygen atoms in total. The van der Waals surface area contributed by atoms with Crippen molar-refractivity contribution in [2.24, 2.45) is 3.88 Å². The van der Waals surface area contributed by atoms with Gasteiger partial charge >= 0.3 is 340 Å². The van der Waals surface area contributed by atoms with E-state index in [1.807, 2.05) is 0 Å². The Morgan fingerprint density at radius 2 is 0.833 bits per heavy atom. The Kier molecular flexibility index (Phi) is 34.4. The zero-order valence-electron chi connectivity index (χ0n) is 7.10. The van der Waals surface area contributed by atoms with E-state index in [9.17, 15) is 4.91 Å². The third-order valence-corrected chi connectivity index (χ3v) is 3.00. The van der Waals surface area contributed by atoms with Gasteiger partial charge in [0.2, 0.25) is 0 Å². The summed E-state index contributed by atoms with van der Waals surface area (Å²) in [6.07, 6.45) is 0. The van der Waals surface area contributed by atoms with Gasteiger partial charge in [0.05, 0.1) is 0 Å². The Balaban J connectivity index is -0.0000000408. The average Bonchev–Trinajstić information content (AvgIpc) is 1.30. The van der Waals surface area contributed by atoms with Crippen molar-refractivity contribution >= 4 is 48.2 Å². The standard InChI is InChI=1S/5ClH.4Cs.NO.Os/c;;;;;;;;;1-2;/h5*1H;;;;;;/q;;;;;4*+1;-1;+2/p-5. The molecule has 0 bridgehead atoms. The largest absolute Gasteiger partial charge is 1.00 e. The molecule has 0 rings (SSSR count). The SMILES string of the molecule is O=[N][Os-4]([Cl])([Cl])([Cl])([Cl])[Cl].[Cs+].[Cs+].[Cs+].[Cs+]. The summed E-state index contributed by atoms with van der Waals surface area (Å²) in [5, 5.41) is 0. The molecule has 0 saturated carbocycles. The summed E-state index contributed by atoms with van der Waals surface area (Å²) >= 11 is 0. The van der Waals surface area contributed by atoms with Gasteiger partial charge in [0.25, 0.3) is 0 Å². The predicted octanol–water partition coefficient (Wildman–Crippen LogP) is -8.32. The Bertz CT molecular complexity index is 127. The third kappa shape index (κ3) is 32.0. The minimum Gasteiger partial charge on any atom is 1.00 e. The number of rotatable bonds is 1. The third-order valence-electron chi connectivity index (χ3n) is 0.122. The van der Waals surface area contributed by atoms with Crippen molar-refractivity contribution in [1.29, 1.82) is 0 Å².